The number of fused-ring (bicyclic) bond motifs is 8. The fourth-order valence-corrected chi connectivity index (χ4v) is 8.86. The summed E-state index contributed by atoms with van der Waals surface area (Å²) in [4.78, 5) is 5.21. The van der Waals surface area contributed by atoms with Gasteiger partial charge in [0.25, 0.3) is 0 Å². The SMILES string of the molecule is Nc1cc(N)cc(C2=CCCC3=C2c2ccccc2C32c3ccccc3Oc3c(C4=CC(c5ccccc5)=NC(c5ccccc5)N4)cccc32)c1. The third-order valence-corrected chi connectivity index (χ3v) is 10.9. The molecule has 250 valence electrons. The highest BCUT2D eigenvalue weighted by Crippen LogP contribution is 2.65. The first-order chi connectivity index (χ1) is 25.6. The van der Waals surface area contributed by atoms with E-state index in [0.29, 0.717) is 11.4 Å². The zero-order valence-corrected chi connectivity index (χ0v) is 28.5. The van der Waals surface area contributed by atoms with Crippen LogP contribution in [0, 0.1) is 0 Å². The molecule has 0 amide bonds. The second kappa shape index (κ2) is 11.7. The quantitative estimate of drug-likeness (QED) is 0.163. The zero-order chi connectivity index (χ0) is 34.8. The van der Waals surface area contributed by atoms with Crippen LogP contribution in [0.4, 0.5) is 11.4 Å². The molecule has 2 atom stereocenters. The van der Waals surface area contributed by atoms with Crippen molar-refractivity contribution in [1.82, 2.24) is 5.32 Å². The Morgan fingerprint density at radius 3 is 2.13 bits per heavy atom. The molecule has 2 aliphatic heterocycles. The van der Waals surface area contributed by atoms with Crippen molar-refractivity contribution in [3.8, 4) is 11.5 Å². The van der Waals surface area contributed by atoms with Crippen molar-refractivity contribution >= 4 is 33.9 Å². The molecule has 4 aliphatic rings. The number of nitrogens with two attached hydrogens (primary N) is 2. The predicted molar refractivity (Wildman–Crippen MR) is 212 cm³/mol. The number of allylic oxidation sites excluding steroid dienone is 5. The zero-order valence-electron chi connectivity index (χ0n) is 28.5. The largest absolute Gasteiger partial charge is 0.456 e. The fourth-order valence-electron chi connectivity index (χ4n) is 8.86. The Balaban J connectivity index is 1.22. The van der Waals surface area contributed by atoms with Crippen molar-refractivity contribution in [2.45, 2.75) is 24.4 Å². The van der Waals surface area contributed by atoms with Crippen molar-refractivity contribution < 1.29 is 4.74 Å². The summed E-state index contributed by atoms with van der Waals surface area (Å²) < 4.78 is 7.08. The van der Waals surface area contributed by atoms with Gasteiger partial charge in [-0.25, -0.2) is 0 Å². The van der Waals surface area contributed by atoms with E-state index in [1.807, 2.05) is 30.3 Å². The first kappa shape index (κ1) is 30.3. The molecule has 0 radical (unpaired) electrons. The molecule has 0 saturated carbocycles. The van der Waals surface area contributed by atoms with E-state index in [1.54, 1.807) is 0 Å². The summed E-state index contributed by atoms with van der Waals surface area (Å²) in [6.45, 7) is 0. The van der Waals surface area contributed by atoms with Gasteiger partial charge >= 0.3 is 0 Å². The minimum Gasteiger partial charge on any atom is -0.456 e. The molecule has 10 rings (SSSR count). The molecule has 52 heavy (non-hydrogen) atoms. The minimum absolute atomic E-state index is 0.268. The Morgan fingerprint density at radius 2 is 1.33 bits per heavy atom. The Labute approximate surface area is 303 Å². The third-order valence-electron chi connectivity index (χ3n) is 10.9. The van der Waals surface area contributed by atoms with E-state index in [9.17, 15) is 0 Å². The van der Waals surface area contributed by atoms with E-state index in [2.05, 4.69) is 133 Å². The average Bonchev–Trinajstić information content (AvgIpc) is 3.49. The van der Waals surface area contributed by atoms with Crippen LogP contribution in [0.3, 0.4) is 0 Å². The number of ether oxygens (including phenoxy) is 1. The molecule has 0 aromatic heterocycles. The van der Waals surface area contributed by atoms with E-state index in [1.165, 1.54) is 27.8 Å². The second-order valence-electron chi connectivity index (χ2n) is 13.9. The lowest BCUT2D eigenvalue weighted by Crippen LogP contribution is -2.34. The maximum atomic E-state index is 7.08. The number of nitrogens with one attached hydrogen (secondary N) is 1. The third kappa shape index (κ3) is 4.52. The van der Waals surface area contributed by atoms with Gasteiger partial charge in [-0.05, 0) is 93.8 Å². The van der Waals surface area contributed by atoms with Gasteiger partial charge in [0.1, 0.15) is 17.7 Å². The summed E-state index contributed by atoms with van der Waals surface area (Å²) in [6, 6.07) is 50.8. The van der Waals surface area contributed by atoms with E-state index < -0.39 is 5.41 Å². The Morgan fingerprint density at radius 1 is 0.654 bits per heavy atom. The molecule has 2 unspecified atom stereocenters. The summed E-state index contributed by atoms with van der Waals surface area (Å²) in [5, 5.41) is 3.80. The first-order valence-corrected chi connectivity index (χ1v) is 17.9. The van der Waals surface area contributed by atoms with Crippen LogP contribution in [-0.4, -0.2) is 5.71 Å². The first-order valence-electron chi connectivity index (χ1n) is 17.9. The number of rotatable bonds is 4. The van der Waals surface area contributed by atoms with Gasteiger partial charge in [0.05, 0.1) is 11.1 Å². The Kier molecular flexibility index (Phi) is 6.83. The maximum absolute atomic E-state index is 7.08. The predicted octanol–water partition coefficient (Wildman–Crippen LogP) is 10.1. The van der Waals surface area contributed by atoms with Crippen LogP contribution >= 0.6 is 0 Å². The highest BCUT2D eigenvalue weighted by atomic mass is 16.5. The van der Waals surface area contributed by atoms with E-state index in [-0.39, 0.29) is 6.17 Å². The van der Waals surface area contributed by atoms with Crippen LogP contribution in [0.25, 0.3) is 16.8 Å². The number of hydrogen-bond donors (Lipinski definition) is 3. The molecule has 2 heterocycles. The number of para-hydroxylation sites is 2. The molecule has 0 saturated heterocycles. The van der Waals surface area contributed by atoms with Gasteiger partial charge in [-0.15, -0.1) is 0 Å². The maximum Gasteiger partial charge on any atom is 0.145 e. The number of anilines is 2. The van der Waals surface area contributed by atoms with Crippen molar-refractivity contribution in [1.29, 1.82) is 0 Å². The smallest absolute Gasteiger partial charge is 0.145 e. The van der Waals surface area contributed by atoms with Gasteiger partial charge in [0.2, 0.25) is 0 Å². The normalized spacial score (nSPS) is 19.6. The van der Waals surface area contributed by atoms with Gasteiger partial charge in [-0.3, -0.25) is 4.99 Å². The Hall–Kier alpha value is -6.59. The van der Waals surface area contributed by atoms with Crippen molar-refractivity contribution in [3.05, 3.63) is 208 Å². The van der Waals surface area contributed by atoms with Crippen LogP contribution in [0.2, 0.25) is 0 Å². The van der Waals surface area contributed by atoms with E-state index in [0.717, 1.165) is 69.1 Å². The Bertz CT molecular complexity index is 2530. The van der Waals surface area contributed by atoms with Crippen LogP contribution in [0.5, 0.6) is 11.5 Å². The molecular formula is C47H36N4O. The van der Waals surface area contributed by atoms with Crippen molar-refractivity contribution in [2.75, 3.05) is 11.5 Å². The van der Waals surface area contributed by atoms with Crippen LogP contribution in [-0.2, 0) is 5.41 Å². The number of benzene rings is 6. The van der Waals surface area contributed by atoms with Gasteiger partial charge in [-0.2, -0.15) is 0 Å². The summed E-state index contributed by atoms with van der Waals surface area (Å²) in [5.41, 5.74) is 28.2. The van der Waals surface area contributed by atoms with Gasteiger partial charge in [0.15, 0.2) is 0 Å². The second-order valence-corrected chi connectivity index (χ2v) is 13.9. The van der Waals surface area contributed by atoms with Crippen LogP contribution < -0.4 is 21.5 Å². The molecule has 6 aromatic rings. The summed E-state index contributed by atoms with van der Waals surface area (Å²) >= 11 is 0. The lowest BCUT2D eigenvalue weighted by molar-refractivity contribution is 0.430. The molecule has 6 aromatic carbocycles. The lowest BCUT2D eigenvalue weighted by atomic mass is 9.63. The highest BCUT2D eigenvalue weighted by Gasteiger charge is 2.53. The monoisotopic (exact) mass is 672 g/mol. The lowest BCUT2D eigenvalue weighted by Gasteiger charge is -2.42. The number of nitrogen functional groups attached to an aromatic ring is 2. The molecule has 5 N–H and O–H groups in total. The molecule has 5 heteroatoms. The fraction of sp³-hybridized carbons (Fsp3) is 0.0851. The van der Waals surface area contributed by atoms with Crippen molar-refractivity contribution in [3.63, 3.8) is 0 Å². The van der Waals surface area contributed by atoms with Gasteiger partial charge in [0, 0.05) is 33.8 Å². The average molecular weight is 673 g/mol. The molecule has 1 spiro atoms. The number of hydrogen-bond acceptors (Lipinski definition) is 5. The van der Waals surface area contributed by atoms with Crippen LogP contribution in [0.1, 0.15) is 63.5 Å². The molecule has 0 bridgehead atoms. The van der Waals surface area contributed by atoms with E-state index in [4.69, 9.17) is 21.2 Å². The van der Waals surface area contributed by atoms with E-state index >= 15 is 0 Å². The summed E-state index contributed by atoms with van der Waals surface area (Å²) in [5.74, 6) is 1.72. The van der Waals surface area contributed by atoms with Gasteiger partial charge < -0.3 is 21.5 Å². The summed E-state index contributed by atoms with van der Waals surface area (Å²) in [6.07, 6.45) is 6.07. The summed E-state index contributed by atoms with van der Waals surface area (Å²) in [7, 11) is 0. The molecular weight excluding hydrogens is 637 g/mol. The topological polar surface area (TPSA) is 85.7 Å². The number of nitrogens with zero attached hydrogens (tertiary/aromatic N) is 1. The molecule has 2 aliphatic carbocycles. The molecule has 0 fully saturated rings. The number of aliphatic imine (C=N–C) groups is 1. The van der Waals surface area contributed by atoms with Crippen LogP contribution in [0.15, 0.2) is 168 Å². The van der Waals surface area contributed by atoms with Gasteiger partial charge in [-0.1, -0.05) is 121 Å². The highest BCUT2D eigenvalue weighted by molar-refractivity contribution is 6.14. The minimum atomic E-state index is -0.568. The van der Waals surface area contributed by atoms with Crippen molar-refractivity contribution in [2.24, 2.45) is 4.99 Å². The molecule has 5 nitrogen and oxygen atoms in total. The standard InChI is InChI=1S/C47H36N4O/c48-32-25-31(26-33(49)27-32)34-18-11-22-39-44(34)35-17-7-8-20-37(35)47(39)38-21-9-10-24-43(38)52-45-36(19-12-23-40(45)47)42-28-41(29-13-3-1-4-14-29)50-46(51-42)30-15-5-2-6-16-30/h1-10,12-21,23-28,46,51H,11,22,48-49H2.